The van der Waals surface area contributed by atoms with Crippen molar-refractivity contribution in [2.24, 2.45) is 0 Å². The molecule has 0 saturated carbocycles. The van der Waals surface area contributed by atoms with Crippen molar-refractivity contribution in [1.29, 1.82) is 0 Å². The summed E-state index contributed by atoms with van der Waals surface area (Å²) in [6.45, 7) is 2.36. The number of benzene rings is 1. The number of halogens is 1. The molecule has 90 valence electrons. The number of hydrogen-bond donors (Lipinski definition) is 1. The van der Waals surface area contributed by atoms with Crippen LogP contribution < -0.4 is 15.0 Å². The number of ether oxygens (including phenoxy) is 2. The number of nitrogens with one attached hydrogen (secondary N) is 1. The van der Waals surface area contributed by atoms with Gasteiger partial charge in [0, 0.05) is 6.07 Å². The van der Waals surface area contributed by atoms with Gasteiger partial charge in [0.2, 0.25) is 5.28 Å². The maximum Gasteiger partial charge on any atom is 0.259 e. The van der Waals surface area contributed by atoms with Crippen molar-refractivity contribution < 1.29 is 9.47 Å². The zero-order chi connectivity index (χ0) is 12.4. The predicted octanol–water partition coefficient (Wildman–Crippen LogP) is 1.98. The molecule has 0 unspecified atom stereocenters. The molecule has 0 atom stereocenters. The first-order chi connectivity index (χ1) is 8.15. The molecule has 0 saturated heterocycles. The number of nitrogens with zero attached hydrogens (tertiary/aromatic N) is 1. The zero-order valence-electron chi connectivity index (χ0n) is 9.41. The van der Waals surface area contributed by atoms with Crippen LogP contribution in [0, 0.1) is 0 Å². The minimum Gasteiger partial charge on any atom is -0.493 e. The summed E-state index contributed by atoms with van der Waals surface area (Å²) in [7, 11) is 1.52. The summed E-state index contributed by atoms with van der Waals surface area (Å²) in [5, 5.41) is 0.463. The summed E-state index contributed by atoms with van der Waals surface area (Å²) in [4.78, 5) is 18.1. The number of H-pyrrole nitrogens is 1. The van der Waals surface area contributed by atoms with E-state index in [1.54, 1.807) is 12.1 Å². The Morgan fingerprint density at radius 2 is 2.18 bits per heavy atom. The van der Waals surface area contributed by atoms with Gasteiger partial charge < -0.3 is 9.47 Å². The number of fused-ring (bicyclic) bond motifs is 1. The molecule has 2 rings (SSSR count). The second kappa shape index (κ2) is 4.63. The predicted molar refractivity (Wildman–Crippen MR) is 65.1 cm³/mol. The average Bonchev–Trinajstić information content (AvgIpc) is 2.28. The van der Waals surface area contributed by atoms with Crippen molar-refractivity contribution in [2.75, 3.05) is 13.7 Å². The summed E-state index contributed by atoms with van der Waals surface area (Å²) in [5.74, 6) is 1.03. The normalized spacial score (nSPS) is 10.5. The van der Waals surface area contributed by atoms with Crippen LogP contribution in [0.1, 0.15) is 6.92 Å². The average molecular weight is 255 g/mol. The standard InChI is InChI=1S/C11H11ClN2O3/c1-3-17-9-5-7-6(4-8(9)16-2)10(15)14-11(12)13-7/h4-5H,3H2,1-2H3,(H,13,14,15). The Bertz CT molecular complexity index is 609. The highest BCUT2D eigenvalue weighted by atomic mass is 35.5. The maximum atomic E-state index is 11.7. The molecule has 0 fully saturated rings. The van der Waals surface area contributed by atoms with Crippen LogP contribution in [0.25, 0.3) is 10.9 Å². The van der Waals surface area contributed by atoms with Crippen LogP contribution in [0.3, 0.4) is 0 Å². The summed E-state index contributed by atoms with van der Waals surface area (Å²) in [5.41, 5.74) is 0.171. The van der Waals surface area contributed by atoms with Crippen LogP contribution in [0.4, 0.5) is 0 Å². The quantitative estimate of drug-likeness (QED) is 0.851. The van der Waals surface area contributed by atoms with E-state index in [1.165, 1.54) is 7.11 Å². The minimum atomic E-state index is -0.304. The molecular formula is C11H11ClN2O3. The van der Waals surface area contributed by atoms with E-state index < -0.39 is 0 Å². The van der Waals surface area contributed by atoms with Crippen LogP contribution >= 0.6 is 11.6 Å². The molecule has 0 aliphatic carbocycles. The second-order valence-electron chi connectivity index (χ2n) is 3.31. The molecule has 17 heavy (non-hydrogen) atoms. The molecule has 0 bridgehead atoms. The Balaban J connectivity index is 2.73. The highest BCUT2D eigenvalue weighted by molar-refractivity contribution is 6.28. The molecule has 0 radical (unpaired) electrons. The third kappa shape index (κ3) is 2.19. The Kier molecular flexibility index (Phi) is 3.19. The zero-order valence-corrected chi connectivity index (χ0v) is 10.2. The van der Waals surface area contributed by atoms with Gasteiger partial charge in [-0.1, -0.05) is 0 Å². The second-order valence-corrected chi connectivity index (χ2v) is 3.67. The van der Waals surface area contributed by atoms with Crippen LogP contribution in [0.5, 0.6) is 11.5 Å². The maximum absolute atomic E-state index is 11.7. The van der Waals surface area contributed by atoms with Gasteiger partial charge in [-0.05, 0) is 24.6 Å². The van der Waals surface area contributed by atoms with E-state index in [4.69, 9.17) is 21.1 Å². The smallest absolute Gasteiger partial charge is 0.259 e. The largest absolute Gasteiger partial charge is 0.493 e. The van der Waals surface area contributed by atoms with E-state index in [0.717, 1.165) is 0 Å². The third-order valence-corrected chi connectivity index (χ3v) is 2.44. The van der Waals surface area contributed by atoms with Crippen LogP contribution in [-0.4, -0.2) is 23.7 Å². The molecule has 0 amide bonds. The number of rotatable bonds is 3. The number of aromatic amines is 1. The summed E-state index contributed by atoms with van der Waals surface area (Å²) >= 11 is 5.69. The van der Waals surface area contributed by atoms with Gasteiger partial charge in [0.15, 0.2) is 11.5 Å². The van der Waals surface area contributed by atoms with Gasteiger partial charge in [0.25, 0.3) is 5.56 Å². The van der Waals surface area contributed by atoms with E-state index >= 15 is 0 Å². The van der Waals surface area contributed by atoms with Gasteiger partial charge in [-0.25, -0.2) is 4.98 Å². The molecule has 6 heteroatoms. The van der Waals surface area contributed by atoms with E-state index in [9.17, 15) is 4.79 Å². The molecule has 0 aliphatic heterocycles. The van der Waals surface area contributed by atoms with E-state index in [1.807, 2.05) is 6.92 Å². The van der Waals surface area contributed by atoms with Crippen molar-refractivity contribution in [1.82, 2.24) is 9.97 Å². The Morgan fingerprint density at radius 3 is 2.82 bits per heavy atom. The summed E-state index contributed by atoms with van der Waals surface area (Å²) < 4.78 is 10.5. The summed E-state index contributed by atoms with van der Waals surface area (Å²) in [6.07, 6.45) is 0. The molecule has 5 nitrogen and oxygen atoms in total. The first-order valence-corrected chi connectivity index (χ1v) is 5.44. The number of aromatic nitrogens is 2. The van der Waals surface area contributed by atoms with Crippen molar-refractivity contribution in [3.8, 4) is 11.5 Å². The molecule has 1 N–H and O–H groups in total. The SMILES string of the molecule is CCOc1cc2nc(Cl)[nH]c(=O)c2cc1OC. The van der Waals surface area contributed by atoms with Gasteiger partial charge >= 0.3 is 0 Å². The fraction of sp³-hybridized carbons (Fsp3) is 0.273. The lowest BCUT2D eigenvalue weighted by molar-refractivity contribution is 0.311. The summed E-state index contributed by atoms with van der Waals surface area (Å²) in [6, 6.07) is 3.22. The van der Waals surface area contributed by atoms with Gasteiger partial charge in [-0.2, -0.15) is 0 Å². The highest BCUT2D eigenvalue weighted by Gasteiger charge is 2.10. The molecule has 1 heterocycles. The third-order valence-electron chi connectivity index (χ3n) is 2.26. The molecule has 1 aromatic heterocycles. The molecular weight excluding hydrogens is 244 g/mol. The molecule has 0 aliphatic rings. The Hall–Kier alpha value is -1.75. The van der Waals surface area contributed by atoms with Crippen molar-refractivity contribution in [3.63, 3.8) is 0 Å². The van der Waals surface area contributed by atoms with Gasteiger partial charge in [0.1, 0.15) is 0 Å². The van der Waals surface area contributed by atoms with Crippen molar-refractivity contribution in [3.05, 3.63) is 27.8 Å². The van der Waals surface area contributed by atoms with E-state index in [-0.39, 0.29) is 10.8 Å². The van der Waals surface area contributed by atoms with Crippen LogP contribution in [-0.2, 0) is 0 Å². The number of hydrogen-bond acceptors (Lipinski definition) is 4. The molecule has 1 aromatic carbocycles. The first kappa shape index (κ1) is 11.7. The first-order valence-electron chi connectivity index (χ1n) is 5.06. The number of methoxy groups -OCH3 is 1. The topological polar surface area (TPSA) is 64.2 Å². The van der Waals surface area contributed by atoms with Gasteiger partial charge in [-0.3, -0.25) is 9.78 Å². The lowest BCUT2D eigenvalue weighted by Crippen LogP contribution is -2.08. The fourth-order valence-electron chi connectivity index (χ4n) is 1.55. The lowest BCUT2D eigenvalue weighted by atomic mass is 10.2. The van der Waals surface area contributed by atoms with Crippen LogP contribution in [0.2, 0.25) is 5.28 Å². The van der Waals surface area contributed by atoms with Crippen molar-refractivity contribution in [2.45, 2.75) is 6.92 Å². The van der Waals surface area contributed by atoms with E-state index in [2.05, 4.69) is 9.97 Å². The molecule has 0 spiro atoms. The minimum absolute atomic E-state index is 0.0510. The van der Waals surface area contributed by atoms with Gasteiger partial charge in [0.05, 0.1) is 24.6 Å². The van der Waals surface area contributed by atoms with E-state index in [0.29, 0.717) is 29.0 Å². The fourth-order valence-corrected chi connectivity index (χ4v) is 1.72. The Morgan fingerprint density at radius 1 is 1.41 bits per heavy atom. The molecule has 2 aromatic rings. The van der Waals surface area contributed by atoms with Crippen LogP contribution in [0.15, 0.2) is 16.9 Å². The lowest BCUT2D eigenvalue weighted by Gasteiger charge is -2.09. The van der Waals surface area contributed by atoms with Crippen molar-refractivity contribution >= 4 is 22.5 Å². The Labute approximate surface area is 102 Å². The van der Waals surface area contributed by atoms with Gasteiger partial charge in [-0.15, -0.1) is 0 Å². The monoisotopic (exact) mass is 254 g/mol. The highest BCUT2D eigenvalue weighted by Crippen LogP contribution is 2.30.